The molecule has 10 N–H and O–H groups in total. The van der Waals surface area contributed by atoms with Crippen molar-refractivity contribution in [3.8, 4) is 0 Å². The minimum atomic E-state index is -1.50. The molecule has 0 saturated carbocycles. The summed E-state index contributed by atoms with van der Waals surface area (Å²) in [6.45, 7) is -1.07. The molecule has 0 aromatic heterocycles. The van der Waals surface area contributed by atoms with Crippen LogP contribution in [0, 0.1) is 0 Å². The fraction of sp³-hybridized carbons (Fsp3) is 0.667. The minimum absolute atomic E-state index is 0.485. The monoisotopic (exact) mass is 432 g/mol. The molecule has 1 aromatic rings. The molecule has 2 aliphatic heterocycles. The highest BCUT2D eigenvalue weighted by atomic mass is 16.6. The Balaban J connectivity index is 1.62. The molecule has 0 unspecified atom stereocenters. The lowest BCUT2D eigenvalue weighted by Gasteiger charge is -2.40. The van der Waals surface area contributed by atoms with Gasteiger partial charge in [-0.05, 0) is 24.3 Å². The van der Waals surface area contributed by atoms with Crippen molar-refractivity contribution in [3.05, 3.63) is 24.3 Å². The summed E-state index contributed by atoms with van der Waals surface area (Å²) >= 11 is 0. The Morgan fingerprint density at radius 1 is 0.567 bits per heavy atom. The zero-order valence-corrected chi connectivity index (χ0v) is 15.9. The summed E-state index contributed by atoms with van der Waals surface area (Å²) in [6, 6.07) is 6.36. The summed E-state index contributed by atoms with van der Waals surface area (Å²) in [5.41, 5.74) is 0.970. The van der Waals surface area contributed by atoms with Crippen LogP contribution >= 0.6 is 0 Å². The lowest BCUT2D eigenvalue weighted by Crippen LogP contribution is -2.60. The third-order valence-corrected chi connectivity index (χ3v) is 5.29. The smallest absolute Gasteiger partial charge is 0.157 e. The largest absolute Gasteiger partial charge is 0.394 e. The Bertz CT molecular complexity index is 618. The van der Waals surface area contributed by atoms with Gasteiger partial charge in [-0.25, -0.2) is 0 Å². The third kappa shape index (κ3) is 4.68. The highest BCUT2D eigenvalue weighted by Crippen LogP contribution is 2.26. The van der Waals surface area contributed by atoms with E-state index in [0.717, 1.165) is 0 Å². The normalized spacial score (nSPS) is 42.0. The van der Waals surface area contributed by atoms with Crippen molar-refractivity contribution in [2.24, 2.45) is 0 Å². The molecule has 10 atom stereocenters. The van der Waals surface area contributed by atoms with Crippen molar-refractivity contribution in [2.45, 2.75) is 61.3 Å². The number of nitrogens with one attached hydrogen (secondary N) is 2. The highest BCUT2D eigenvalue weighted by molar-refractivity contribution is 5.54. The molecule has 0 bridgehead atoms. The standard InChI is InChI=1S/C18H28N2O10/c21-5-9-11(23)13(25)15(27)17(29-9)19-7-1-2-8(4-3-7)20-18-16(28)14(26)12(24)10(6-22)30-18/h1-4,9-28H,5-6H2/t9-,10-,11+,12+,13+,14+,15-,16+,17+,18-/m0/s1. The van der Waals surface area contributed by atoms with Gasteiger partial charge in [0.1, 0.15) is 48.8 Å². The molecule has 30 heavy (non-hydrogen) atoms. The molecule has 3 rings (SSSR count). The number of benzene rings is 1. The van der Waals surface area contributed by atoms with Gasteiger partial charge in [0.2, 0.25) is 0 Å². The van der Waals surface area contributed by atoms with Crippen LogP contribution in [0.2, 0.25) is 0 Å². The number of hydrogen-bond donors (Lipinski definition) is 10. The molecule has 2 heterocycles. The Labute approximate surface area is 171 Å². The van der Waals surface area contributed by atoms with Crippen LogP contribution < -0.4 is 10.6 Å². The Morgan fingerprint density at radius 3 is 1.20 bits per heavy atom. The topological polar surface area (TPSA) is 204 Å². The van der Waals surface area contributed by atoms with Crippen molar-refractivity contribution in [1.82, 2.24) is 0 Å². The molecule has 170 valence electrons. The molecule has 2 fully saturated rings. The molecule has 0 amide bonds. The summed E-state index contributed by atoms with van der Waals surface area (Å²) in [5.74, 6) is 0. The highest BCUT2D eigenvalue weighted by Gasteiger charge is 2.44. The molecule has 12 heteroatoms. The maximum Gasteiger partial charge on any atom is 0.157 e. The van der Waals surface area contributed by atoms with Gasteiger partial charge >= 0.3 is 0 Å². The Kier molecular flexibility index (Phi) is 7.47. The molecular formula is C18H28N2O10. The van der Waals surface area contributed by atoms with E-state index in [1.165, 1.54) is 0 Å². The fourth-order valence-corrected chi connectivity index (χ4v) is 3.43. The van der Waals surface area contributed by atoms with Gasteiger partial charge in [-0.3, -0.25) is 0 Å². The van der Waals surface area contributed by atoms with Crippen molar-refractivity contribution < 1.29 is 50.3 Å². The number of rotatable bonds is 6. The van der Waals surface area contributed by atoms with Gasteiger partial charge in [0.15, 0.2) is 12.5 Å². The van der Waals surface area contributed by atoms with Gasteiger partial charge in [0, 0.05) is 11.4 Å². The number of ether oxygens (including phenoxy) is 2. The van der Waals surface area contributed by atoms with Crippen LogP contribution in [0.15, 0.2) is 24.3 Å². The third-order valence-electron chi connectivity index (χ3n) is 5.29. The van der Waals surface area contributed by atoms with Gasteiger partial charge in [-0.15, -0.1) is 0 Å². The van der Waals surface area contributed by atoms with Crippen LogP contribution in [-0.2, 0) is 9.47 Å². The average Bonchev–Trinajstić information content (AvgIpc) is 2.75. The van der Waals surface area contributed by atoms with Gasteiger partial charge < -0.3 is 61.0 Å². The van der Waals surface area contributed by atoms with E-state index in [-0.39, 0.29) is 0 Å². The summed E-state index contributed by atoms with van der Waals surface area (Å²) in [5, 5.41) is 83.6. The zero-order chi connectivity index (χ0) is 22.0. The second-order valence-corrected chi connectivity index (χ2v) is 7.36. The van der Waals surface area contributed by atoms with Gasteiger partial charge in [0.25, 0.3) is 0 Å². The first kappa shape index (κ1) is 23.1. The molecule has 0 radical (unpaired) electrons. The lowest BCUT2D eigenvalue weighted by atomic mass is 9.98. The van der Waals surface area contributed by atoms with Crippen LogP contribution in [0.4, 0.5) is 11.4 Å². The summed E-state index contributed by atoms with van der Waals surface area (Å²) < 4.78 is 10.8. The first-order valence-corrected chi connectivity index (χ1v) is 9.51. The van der Waals surface area contributed by atoms with Crippen molar-refractivity contribution in [1.29, 1.82) is 0 Å². The van der Waals surface area contributed by atoms with Gasteiger partial charge in [-0.1, -0.05) is 0 Å². The van der Waals surface area contributed by atoms with Crippen LogP contribution in [-0.4, -0.2) is 115 Å². The minimum Gasteiger partial charge on any atom is -0.394 e. The van der Waals surface area contributed by atoms with E-state index in [0.29, 0.717) is 11.4 Å². The molecule has 0 aliphatic carbocycles. The van der Waals surface area contributed by atoms with Gasteiger partial charge in [-0.2, -0.15) is 0 Å². The first-order valence-electron chi connectivity index (χ1n) is 9.51. The van der Waals surface area contributed by atoms with Crippen molar-refractivity contribution in [2.75, 3.05) is 23.8 Å². The van der Waals surface area contributed by atoms with E-state index < -0.39 is 74.5 Å². The summed E-state index contributed by atoms with van der Waals surface area (Å²) in [7, 11) is 0. The van der Waals surface area contributed by atoms with Crippen molar-refractivity contribution >= 4 is 11.4 Å². The SMILES string of the molecule is OC[C@@H]1O[C@@H](Nc2ccc(N[C@H]3O[C@@H](CO)[C@@H](O)[C@@H](O)[C@H]3O)cc2)[C@@H](O)[C@H](O)[C@@H]1O. The molecule has 2 saturated heterocycles. The van der Waals surface area contributed by atoms with E-state index in [1.807, 2.05) is 0 Å². The Morgan fingerprint density at radius 2 is 0.900 bits per heavy atom. The van der Waals surface area contributed by atoms with Crippen molar-refractivity contribution in [3.63, 3.8) is 0 Å². The molecule has 12 nitrogen and oxygen atoms in total. The van der Waals surface area contributed by atoms with Crippen LogP contribution in [0.1, 0.15) is 0 Å². The number of aliphatic hydroxyl groups is 8. The lowest BCUT2D eigenvalue weighted by molar-refractivity contribution is -0.221. The van der Waals surface area contributed by atoms with Crippen LogP contribution in [0.25, 0.3) is 0 Å². The second kappa shape index (κ2) is 9.70. The Hall–Kier alpha value is -1.58. The maximum absolute atomic E-state index is 10.1. The molecule has 0 spiro atoms. The second-order valence-electron chi connectivity index (χ2n) is 7.36. The quantitative estimate of drug-likeness (QED) is 0.210. The average molecular weight is 432 g/mol. The summed E-state index contributed by atoms with van der Waals surface area (Å²) in [6.07, 6.45) is -13.0. The zero-order valence-electron chi connectivity index (χ0n) is 15.9. The molecular weight excluding hydrogens is 404 g/mol. The molecule has 1 aromatic carbocycles. The predicted molar refractivity (Wildman–Crippen MR) is 101 cm³/mol. The number of hydrogen-bond acceptors (Lipinski definition) is 12. The maximum atomic E-state index is 10.1. The number of aliphatic hydroxyl groups excluding tert-OH is 8. The van der Waals surface area contributed by atoms with Crippen LogP contribution in [0.5, 0.6) is 0 Å². The summed E-state index contributed by atoms with van der Waals surface area (Å²) in [4.78, 5) is 0. The van der Waals surface area contributed by atoms with E-state index in [4.69, 9.17) is 9.47 Å². The fourth-order valence-electron chi connectivity index (χ4n) is 3.43. The van der Waals surface area contributed by atoms with E-state index >= 15 is 0 Å². The molecule has 2 aliphatic rings. The van der Waals surface area contributed by atoms with E-state index in [1.54, 1.807) is 24.3 Å². The van der Waals surface area contributed by atoms with E-state index in [2.05, 4.69) is 10.6 Å². The first-order chi connectivity index (χ1) is 14.3. The van der Waals surface area contributed by atoms with Crippen LogP contribution in [0.3, 0.4) is 0 Å². The van der Waals surface area contributed by atoms with E-state index in [9.17, 15) is 40.9 Å². The van der Waals surface area contributed by atoms with Gasteiger partial charge in [0.05, 0.1) is 13.2 Å². The predicted octanol–water partition coefficient (Wildman–Crippen LogP) is -3.89. The number of anilines is 2.